The van der Waals surface area contributed by atoms with Crippen LogP contribution in [-0.4, -0.2) is 62.8 Å². The molecule has 2 aromatic rings. The van der Waals surface area contributed by atoms with Crippen LogP contribution in [0.15, 0.2) is 30.5 Å². The first kappa shape index (κ1) is 22.2. The van der Waals surface area contributed by atoms with E-state index in [1.807, 2.05) is 44.3 Å². The number of benzene rings is 1. The van der Waals surface area contributed by atoms with Crippen molar-refractivity contribution in [3.63, 3.8) is 0 Å². The summed E-state index contributed by atoms with van der Waals surface area (Å²) in [7, 11) is 0. The van der Waals surface area contributed by atoms with Gasteiger partial charge in [0.25, 0.3) is 0 Å². The lowest BCUT2D eigenvalue weighted by Crippen LogP contribution is -2.33. The van der Waals surface area contributed by atoms with Crippen molar-refractivity contribution in [1.29, 1.82) is 0 Å². The Bertz CT molecular complexity index is 712. The number of hydrogen-bond acceptors (Lipinski definition) is 6. The van der Waals surface area contributed by atoms with Crippen molar-refractivity contribution >= 4 is 16.9 Å². The van der Waals surface area contributed by atoms with Crippen molar-refractivity contribution in [3.8, 4) is 5.75 Å². The molecule has 156 valence electrons. The van der Waals surface area contributed by atoms with Crippen LogP contribution in [0.4, 0.5) is 0 Å². The van der Waals surface area contributed by atoms with E-state index in [4.69, 9.17) is 23.7 Å². The van der Waals surface area contributed by atoms with Gasteiger partial charge in [0.1, 0.15) is 18.0 Å². The predicted molar refractivity (Wildman–Crippen MR) is 107 cm³/mol. The SMILES string of the molecule is CCC(=O)OC(C)(C)COCCOCCOCCOc1ccc2[nH]ccc2c1. The van der Waals surface area contributed by atoms with E-state index >= 15 is 0 Å². The topological polar surface area (TPSA) is 79.0 Å². The highest BCUT2D eigenvalue weighted by Gasteiger charge is 2.22. The van der Waals surface area contributed by atoms with Gasteiger partial charge in [-0.3, -0.25) is 4.79 Å². The van der Waals surface area contributed by atoms with Crippen molar-refractivity contribution in [2.75, 3.05) is 46.2 Å². The van der Waals surface area contributed by atoms with Gasteiger partial charge in [-0.15, -0.1) is 0 Å². The van der Waals surface area contributed by atoms with Gasteiger partial charge in [-0.25, -0.2) is 0 Å². The molecule has 0 saturated carbocycles. The fourth-order valence-corrected chi connectivity index (χ4v) is 2.51. The molecular formula is C21H31NO6. The first-order valence-corrected chi connectivity index (χ1v) is 9.65. The van der Waals surface area contributed by atoms with Gasteiger partial charge >= 0.3 is 5.97 Å². The van der Waals surface area contributed by atoms with Crippen LogP contribution in [0.2, 0.25) is 0 Å². The standard InChI is InChI=1S/C21H31NO6/c1-4-20(23)28-21(2,3)16-26-12-11-24-9-10-25-13-14-27-18-5-6-19-17(15-18)7-8-22-19/h5-8,15,22H,4,9-14,16H2,1-3H3. The van der Waals surface area contributed by atoms with Crippen molar-refractivity contribution in [1.82, 2.24) is 4.98 Å². The second-order valence-electron chi connectivity index (χ2n) is 6.94. The maximum Gasteiger partial charge on any atom is 0.306 e. The normalized spacial score (nSPS) is 11.7. The van der Waals surface area contributed by atoms with Crippen LogP contribution in [0.25, 0.3) is 10.9 Å². The molecule has 1 N–H and O–H groups in total. The van der Waals surface area contributed by atoms with E-state index in [1.165, 1.54) is 0 Å². The van der Waals surface area contributed by atoms with E-state index in [0.717, 1.165) is 16.7 Å². The van der Waals surface area contributed by atoms with E-state index in [-0.39, 0.29) is 5.97 Å². The van der Waals surface area contributed by atoms with Gasteiger partial charge < -0.3 is 28.7 Å². The van der Waals surface area contributed by atoms with E-state index in [1.54, 1.807) is 6.92 Å². The number of aromatic nitrogens is 1. The summed E-state index contributed by atoms with van der Waals surface area (Å²) in [4.78, 5) is 14.5. The Labute approximate surface area is 166 Å². The fraction of sp³-hybridized carbons (Fsp3) is 0.571. The van der Waals surface area contributed by atoms with Crippen molar-refractivity contribution in [2.24, 2.45) is 0 Å². The number of carbonyl (C=O) groups is 1. The molecule has 0 aliphatic heterocycles. The molecule has 0 aliphatic carbocycles. The maximum absolute atomic E-state index is 11.3. The monoisotopic (exact) mass is 393 g/mol. The van der Waals surface area contributed by atoms with Crippen LogP contribution in [0.3, 0.4) is 0 Å². The highest BCUT2D eigenvalue weighted by atomic mass is 16.6. The highest BCUT2D eigenvalue weighted by Crippen LogP contribution is 2.19. The van der Waals surface area contributed by atoms with E-state index in [0.29, 0.717) is 52.7 Å². The van der Waals surface area contributed by atoms with Crippen LogP contribution in [0.5, 0.6) is 5.75 Å². The van der Waals surface area contributed by atoms with Gasteiger partial charge in [-0.05, 0) is 38.1 Å². The van der Waals surface area contributed by atoms with Crippen LogP contribution < -0.4 is 4.74 Å². The molecule has 0 spiro atoms. The van der Waals surface area contributed by atoms with Crippen molar-refractivity contribution in [2.45, 2.75) is 32.8 Å². The summed E-state index contributed by atoms with van der Waals surface area (Å²) in [5.41, 5.74) is 0.470. The average Bonchev–Trinajstić information content (AvgIpc) is 3.13. The summed E-state index contributed by atoms with van der Waals surface area (Å²) >= 11 is 0. The number of ether oxygens (including phenoxy) is 5. The van der Waals surface area contributed by atoms with Gasteiger partial charge in [0.05, 0.1) is 39.6 Å². The minimum atomic E-state index is -0.623. The lowest BCUT2D eigenvalue weighted by molar-refractivity contribution is -0.162. The van der Waals surface area contributed by atoms with Gasteiger partial charge in [0.15, 0.2) is 0 Å². The third kappa shape index (κ3) is 8.29. The molecule has 1 aromatic carbocycles. The van der Waals surface area contributed by atoms with Crippen LogP contribution in [-0.2, 0) is 23.7 Å². The lowest BCUT2D eigenvalue weighted by Gasteiger charge is -2.24. The molecule has 0 aliphatic rings. The Morgan fingerprint density at radius 2 is 1.64 bits per heavy atom. The smallest absolute Gasteiger partial charge is 0.306 e. The number of fused-ring (bicyclic) bond motifs is 1. The molecular weight excluding hydrogens is 362 g/mol. The zero-order chi connectivity index (χ0) is 20.2. The van der Waals surface area contributed by atoms with Crippen molar-refractivity contribution < 1.29 is 28.5 Å². The number of H-pyrrole nitrogens is 1. The Morgan fingerprint density at radius 1 is 0.964 bits per heavy atom. The molecule has 1 aromatic heterocycles. The van der Waals surface area contributed by atoms with Crippen molar-refractivity contribution in [3.05, 3.63) is 30.5 Å². The minimum absolute atomic E-state index is 0.226. The molecule has 1 heterocycles. The van der Waals surface area contributed by atoms with Gasteiger partial charge in [0.2, 0.25) is 0 Å². The number of carbonyl (C=O) groups excluding carboxylic acids is 1. The van der Waals surface area contributed by atoms with Crippen LogP contribution in [0, 0.1) is 0 Å². The molecule has 7 heteroatoms. The average molecular weight is 393 g/mol. The summed E-state index contributed by atoms with van der Waals surface area (Å²) in [6, 6.07) is 7.95. The number of aromatic amines is 1. The second kappa shape index (κ2) is 11.7. The molecule has 0 amide bonds. The van der Waals surface area contributed by atoms with E-state index < -0.39 is 5.60 Å². The highest BCUT2D eigenvalue weighted by molar-refractivity contribution is 5.80. The molecule has 2 rings (SSSR count). The molecule has 28 heavy (non-hydrogen) atoms. The van der Waals surface area contributed by atoms with Gasteiger partial charge in [0, 0.05) is 23.5 Å². The zero-order valence-electron chi connectivity index (χ0n) is 17.0. The molecule has 7 nitrogen and oxygen atoms in total. The third-order valence-electron chi connectivity index (χ3n) is 3.89. The predicted octanol–water partition coefficient (Wildman–Crippen LogP) is 3.33. The quantitative estimate of drug-likeness (QED) is 0.392. The minimum Gasteiger partial charge on any atom is -0.491 e. The lowest BCUT2D eigenvalue weighted by atomic mass is 10.1. The number of nitrogens with one attached hydrogen (secondary N) is 1. The Kier molecular flexibility index (Phi) is 9.27. The largest absolute Gasteiger partial charge is 0.491 e. The van der Waals surface area contributed by atoms with E-state index in [2.05, 4.69) is 4.98 Å². The Balaban J connectivity index is 1.42. The number of esters is 1. The summed E-state index contributed by atoms with van der Waals surface area (Å²) in [5, 5.41) is 1.13. The number of rotatable bonds is 14. The molecule has 0 radical (unpaired) electrons. The Hall–Kier alpha value is -2.09. The van der Waals surface area contributed by atoms with Gasteiger partial charge in [-0.2, -0.15) is 0 Å². The van der Waals surface area contributed by atoms with Crippen LogP contribution in [0.1, 0.15) is 27.2 Å². The first-order chi connectivity index (χ1) is 13.5. The van der Waals surface area contributed by atoms with E-state index in [9.17, 15) is 4.79 Å². The first-order valence-electron chi connectivity index (χ1n) is 9.65. The fourth-order valence-electron chi connectivity index (χ4n) is 2.51. The third-order valence-corrected chi connectivity index (χ3v) is 3.89. The summed E-state index contributed by atoms with van der Waals surface area (Å²) in [6.07, 6.45) is 2.27. The van der Waals surface area contributed by atoms with Gasteiger partial charge in [-0.1, -0.05) is 6.92 Å². The summed E-state index contributed by atoms with van der Waals surface area (Å²) in [5.74, 6) is 0.604. The summed E-state index contributed by atoms with van der Waals surface area (Å²) < 4.78 is 27.4. The molecule has 0 atom stereocenters. The van der Waals surface area contributed by atoms with Crippen LogP contribution >= 0.6 is 0 Å². The number of hydrogen-bond donors (Lipinski definition) is 1. The molecule has 0 saturated heterocycles. The zero-order valence-corrected chi connectivity index (χ0v) is 17.0. The maximum atomic E-state index is 11.3. The Morgan fingerprint density at radius 3 is 2.36 bits per heavy atom. The molecule has 0 fully saturated rings. The second-order valence-corrected chi connectivity index (χ2v) is 6.94. The molecule has 0 unspecified atom stereocenters. The summed E-state index contributed by atoms with van der Waals surface area (Å²) in [6.45, 7) is 8.65. The molecule has 0 bridgehead atoms.